The fourth-order valence-electron chi connectivity index (χ4n) is 2.55. The lowest BCUT2D eigenvalue weighted by Gasteiger charge is -2.39. The molecule has 0 unspecified atom stereocenters. The van der Waals surface area contributed by atoms with Crippen LogP contribution in [0.3, 0.4) is 0 Å². The second-order valence-corrected chi connectivity index (χ2v) is 4.30. The van der Waals surface area contributed by atoms with Crippen molar-refractivity contribution in [3.05, 3.63) is 0 Å². The van der Waals surface area contributed by atoms with Crippen molar-refractivity contribution < 1.29 is 9.53 Å². The highest BCUT2D eigenvalue weighted by Crippen LogP contribution is 2.37. The molecule has 2 fully saturated rings. The third-order valence-corrected chi connectivity index (χ3v) is 3.46. The molecule has 2 aliphatic rings. The second kappa shape index (κ2) is 4.07. The molecule has 80 valence electrons. The first-order chi connectivity index (χ1) is 6.78. The van der Waals surface area contributed by atoms with Gasteiger partial charge in [-0.25, -0.2) is 0 Å². The molecule has 1 amide bonds. The third-order valence-electron chi connectivity index (χ3n) is 3.23. The van der Waals surface area contributed by atoms with Gasteiger partial charge in [0.05, 0.1) is 6.61 Å². The molecule has 0 bridgehead atoms. The van der Waals surface area contributed by atoms with Crippen LogP contribution >= 0.6 is 11.6 Å². The van der Waals surface area contributed by atoms with Gasteiger partial charge in [0, 0.05) is 6.54 Å². The van der Waals surface area contributed by atoms with Gasteiger partial charge in [0.2, 0.25) is 5.91 Å². The van der Waals surface area contributed by atoms with Crippen molar-refractivity contribution in [1.82, 2.24) is 4.90 Å². The monoisotopic (exact) mass is 217 g/mol. The smallest absolute Gasteiger partial charge is 0.239 e. The normalized spacial score (nSPS) is 25.6. The van der Waals surface area contributed by atoms with Crippen LogP contribution in [0.2, 0.25) is 0 Å². The molecule has 0 atom stereocenters. The standard InChI is InChI=1S/C10H16ClNO2/c11-8-9(13)12-6-7-14-10(12)4-2-1-3-5-10/h1-8H2. The van der Waals surface area contributed by atoms with Crippen LogP contribution in [0.15, 0.2) is 0 Å². The Balaban J connectivity index is 2.11. The molecule has 0 aromatic heterocycles. The van der Waals surface area contributed by atoms with E-state index < -0.39 is 0 Å². The lowest BCUT2D eigenvalue weighted by molar-refractivity contribution is -0.152. The zero-order valence-electron chi connectivity index (χ0n) is 8.30. The fourth-order valence-corrected chi connectivity index (χ4v) is 2.70. The van der Waals surface area contributed by atoms with E-state index in [9.17, 15) is 4.79 Å². The molecule has 0 N–H and O–H groups in total. The van der Waals surface area contributed by atoms with E-state index in [1.807, 2.05) is 4.90 Å². The highest BCUT2D eigenvalue weighted by molar-refractivity contribution is 6.27. The minimum absolute atomic E-state index is 0.0195. The molecule has 0 radical (unpaired) electrons. The number of amides is 1. The van der Waals surface area contributed by atoms with Gasteiger partial charge in [-0.2, -0.15) is 0 Å². The predicted molar refractivity (Wildman–Crippen MR) is 54.2 cm³/mol. The summed E-state index contributed by atoms with van der Waals surface area (Å²) in [4.78, 5) is 13.4. The van der Waals surface area contributed by atoms with Gasteiger partial charge in [-0.3, -0.25) is 4.79 Å². The van der Waals surface area contributed by atoms with Gasteiger partial charge in [-0.05, 0) is 25.7 Å². The average Bonchev–Trinajstić information content (AvgIpc) is 2.62. The van der Waals surface area contributed by atoms with Crippen LogP contribution in [0, 0.1) is 0 Å². The van der Waals surface area contributed by atoms with Gasteiger partial charge >= 0.3 is 0 Å². The van der Waals surface area contributed by atoms with Gasteiger partial charge in [0.15, 0.2) is 0 Å². The number of hydrogen-bond acceptors (Lipinski definition) is 2. The SMILES string of the molecule is O=C(CCl)N1CCOC12CCCCC2. The Hall–Kier alpha value is -0.280. The molecular weight excluding hydrogens is 202 g/mol. The van der Waals surface area contributed by atoms with E-state index in [0.29, 0.717) is 13.2 Å². The van der Waals surface area contributed by atoms with Crippen molar-refractivity contribution in [1.29, 1.82) is 0 Å². The van der Waals surface area contributed by atoms with E-state index in [4.69, 9.17) is 16.3 Å². The average molecular weight is 218 g/mol. The molecule has 1 saturated carbocycles. The van der Waals surface area contributed by atoms with E-state index in [0.717, 1.165) is 25.7 Å². The van der Waals surface area contributed by atoms with Gasteiger partial charge < -0.3 is 9.64 Å². The van der Waals surface area contributed by atoms with Crippen LogP contribution in [-0.4, -0.2) is 35.6 Å². The molecular formula is C10H16ClNO2. The zero-order valence-corrected chi connectivity index (χ0v) is 9.05. The molecule has 1 spiro atoms. The molecule has 14 heavy (non-hydrogen) atoms. The van der Waals surface area contributed by atoms with Gasteiger partial charge in [0.1, 0.15) is 11.6 Å². The van der Waals surface area contributed by atoms with E-state index in [1.54, 1.807) is 0 Å². The maximum atomic E-state index is 11.6. The number of carbonyl (C=O) groups is 1. The minimum atomic E-state index is -0.287. The molecule has 2 rings (SSSR count). The third kappa shape index (κ3) is 1.63. The first-order valence-electron chi connectivity index (χ1n) is 5.29. The van der Waals surface area contributed by atoms with E-state index >= 15 is 0 Å². The van der Waals surface area contributed by atoms with Crippen LogP contribution in [-0.2, 0) is 9.53 Å². The van der Waals surface area contributed by atoms with Gasteiger partial charge in [-0.15, -0.1) is 11.6 Å². The number of hydrogen-bond donors (Lipinski definition) is 0. The Morgan fingerprint density at radius 2 is 2.07 bits per heavy atom. The van der Waals surface area contributed by atoms with Crippen LogP contribution in [0.25, 0.3) is 0 Å². The van der Waals surface area contributed by atoms with Crippen LogP contribution in [0.4, 0.5) is 0 Å². The Morgan fingerprint density at radius 1 is 1.36 bits per heavy atom. The summed E-state index contributed by atoms with van der Waals surface area (Å²) in [5.41, 5.74) is -0.287. The second-order valence-electron chi connectivity index (χ2n) is 4.03. The largest absolute Gasteiger partial charge is 0.354 e. The van der Waals surface area contributed by atoms with Crippen LogP contribution in [0.1, 0.15) is 32.1 Å². The molecule has 1 saturated heterocycles. The number of halogens is 1. The minimum Gasteiger partial charge on any atom is -0.354 e. The molecule has 3 nitrogen and oxygen atoms in total. The number of nitrogens with zero attached hydrogens (tertiary/aromatic N) is 1. The van der Waals surface area contributed by atoms with Crippen LogP contribution in [0.5, 0.6) is 0 Å². The van der Waals surface area contributed by atoms with Crippen molar-refractivity contribution in [2.45, 2.75) is 37.8 Å². The zero-order chi connectivity index (χ0) is 10.0. The lowest BCUT2D eigenvalue weighted by atomic mass is 9.90. The Morgan fingerprint density at radius 3 is 2.71 bits per heavy atom. The molecule has 1 aliphatic carbocycles. The van der Waals surface area contributed by atoms with Crippen molar-refractivity contribution >= 4 is 17.5 Å². The summed E-state index contributed by atoms with van der Waals surface area (Å²) in [7, 11) is 0. The van der Waals surface area contributed by atoms with Crippen molar-refractivity contribution in [3.8, 4) is 0 Å². The molecule has 0 aromatic carbocycles. The van der Waals surface area contributed by atoms with Crippen molar-refractivity contribution in [3.63, 3.8) is 0 Å². The Bertz CT molecular complexity index is 226. The molecule has 1 heterocycles. The molecule has 0 aromatic rings. The summed E-state index contributed by atoms with van der Waals surface area (Å²) in [5.74, 6) is 0.0940. The Kier molecular flexibility index (Phi) is 2.98. The van der Waals surface area contributed by atoms with Crippen molar-refractivity contribution in [2.75, 3.05) is 19.0 Å². The lowest BCUT2D eigenvalue weighted by Crippen LogP contribution is -2.49. The first kappa shape index (κ1) is 10.2. The van der Waals surface area contributed by atoms with Crippen LogP contribution < -0.4 is 0 Å². The highest BCUT2D eigenvalue weighted by atomic mass is 35.5. The van der Waals surface area contributed by atoms with Gasteiger partial charge in [-0.1, -0.05) is 6.42 Å². The van der Waals surface area contributed by atoms with E-state index in [-0.39, 0.29) is 17.5 Å². The molecule has 4 heteroatoms. The summed E-state index contributed by atoms with van der Waals surface area (Å²) in [6.45, 7) is 1.38. The quantitative estimate of drug-likeness (QED) is 0.627. The predicted octanol–water partition coefficient (Wildman–Crippen LogP) is 1.74. The Labute approximate surface area is 89.4 Å². The number of rotatable bonds is 1. The number of ether oxygens (including phenoxy) is 1. The molecule has 1 aliphatic heterocycles. The van der Waals surface area contributed by atoms with E-state index in [1.165, 1.54) is 6.42 Å². The summed E-state index contributed by atoms with van der Waals surface area (Å²) < 4.78 is 5.76. The number of carbonyl (C=O) groups excluding carboxylic acids is 1. The summed E-state index contributed by atoms with van der Waals surface area (Å²) in [6, 6.07) is 0. The fraction of sp³-hybridized carbons (Fsp3) is 0.900. The highest BCUT2D eigenvalue weighted by Gasteiger charge is 2.44. The van der Waals surface area contributed by atoms with Crippen molar-refractivity contribution in [2.24, 2.45) is 0 Å². The maximum Gasteiger partial charge on any atom is 0.239 e. The maximum absolute atomic E-state index is 11.6. The summed E-state index contributed by atoms with van der Waals surface area (Å²) in [6.07, 6.45) is 5.54. The first-order valence-corrected chi connectivity index (χ1v) is 5.82. The summed E-state index contributed by atoms with van der Waals surface area (Å²) >= 11 is 5.59. The van der Waals surface area contributed by atoms with Gasteiger partial charge in [0.25, 0.3) is 0 Å². The number of alkyl halides is 1. The topological polar surface area (TPSA) is 29.5 Å². The van der Waals surface area contributed by atoms with E-state index in [2.05, 4.69) is 0 Å². The summed E-state index contributed by atoms with van der Waals surface area (Å²) in [5, 5.41) is 0.